The third-order valence-electron chi connectivity index (χ3n) is 4.48. The second-order valence-electron chi connectivity index (χ2n) is 6.81. The van der Waals surface area contributed by atoms with E-state index in [2.05, 4.69) is 4.90 Å². The molecule has 2 atom stereocenters. The molecule has 0 saturated heterocycles. The monoisotopic (exact) mass is 321 g/mol. The molecular formula is C18H28FN3O. The summed E-state index contributed by atoms with van der Waals surface area (Å²) in [6.07, 6.45) is 3.74. The van der Waals surface area contributed by atoms with Crippen molar-refractivity contribution >= 4 is 5.91 Å². The zero-order valence-electron chi connectivity index (χ0n) is 14.2. The van der Waals surface area contributed by atoms with Gasteiger partial charge in [0.25, 0.3) is 0 Å². The number of benzene rings is 1. The summed E-state index contributed by atoms with van der Waals surface area (Å²) in [5, 5.41) is 0. The van der Waals surface area contributed by atoms with Gasteiger partial charge in [-0.3, -0.25) is 4.79 Å². The minimum atomic E-state index is -0.252. The average Bonchev–Trinajstić information content (AvgIpc) is 2.52. The van der Waals surface area contributed by atoms with Gasteiger partial charge in [-0.2, -0.15) is 0 Å². The molecule has 0 unspecified atom stereocenters. The summed E-state index contributed by atoms with van der Waals surface area (Å²) in [7, 11) is 3.99. The molecule has 23 heavy (non-hydrogen) atoms. The molecule has 1 saturated carbocycles. The number of hydrogen-bond donors (Lipinski definition) is 1. The Balaban J connectivity index is 2.05. The van der Waals surface area contributed by atoms with Gasteiger partial charge in [-0.25, -0.2) is 4.39 Å². The fraction of sp³-hybridized carbons (Fsp3) is 0.611. The quantitative estimate of drug-likeness (QED) is 0.874. The van der Waals surface area contributed by atoms with Crippen LogP contribution in [0.1, 0.15) is 31.2 Å². The van der Waals surface area contributed by atoms with Crippen molar-refractivity contribution in [2.45, 2.75) is 38.3 Å². The lowest BCUT2D eigenvalue weighted by molar-refractivity contribution is -0.137. The molecule has 0 aliphatic heterocycles. The normalized spacial score (nSPS) is 21.4. The van der Waals surface area contributed by atoms with Gasteiger partial charge in [0.05, 0.1) is 0 Å². The molecule has 2 rings (SSSR count). The van der Waals surface area contributed by atoms with Crippen LogP contribution in [0.5, 0.6) is 0 Å². The summed E-state index contributed by atoms with van der Waals surface area (Å²) < 4.78 is 13.1. The minimum absolute atomic E-state index is 0.0290. The number of likely N-dealkylation sites (N-methyl/N-ethyl adjacent to an activating group) is 1. The van der Waals surface area contributed by atoms with E-state index in [1.807, 2.05) is 19.0 Å². The van der Waals surface area contributed by atoms with E-state index in [0.29, 0.717) is 13.1 Å². The SMILES string of the molecule is CN(C)CCN(Cc1ccc(F)cc1)C(=O)[C@H]1CCC[C@H](N)C1. The molecule has 1 amide bonds. The summed E-state index contributed by atoms with van der Waals surface area (Å²) in [5.41, 5.74) is 6.99. The van der Waals surface area contributed by atoms with Crippen molar-refractivity contribution < 1.29 is 9.18 Å². The Kier molecular flexibility index (Phi) is 6.54. The van der Waals surface area contributed by atoms with E-state index >= 15 is 0 Å². The summed E-state index contributed by atoms with van der Waals surface area (Å²) in [5.74, 6) is -0.0362. The first-order valence-electron chi connectivity index (χ1n) is 8.39. The van der Waals surface area contributed by atoms with Crippen molar-refractivity contribution in [1.29, 1.82) is 0 Å². The van der Waals surface area contributed by atoms with Crippen LogP contribution in [0.3, 0.4) is 0 Å². The Bertz CT molecular complexity index is 503. The van der Waals surface area contributed by atoms with E-state index in [1.54, 1.807) is 12.1 Å². The third-order valence-corrected chi connectivity index (χ3v) is 4.48. The van der Waals surface area contributed by atoms with Crippen LogP contribution in [0, 0.1) is 11.7 Å². The van der Waals surface area contributed by atoms with Crippen molar-refractivity contribution in [3.05, 3.63) is 35.6 Å². The fourth-order valence-corrected chi connectivity index (χ4v) is 3.11. The highest BCUT2D eigenvalue weighted by Gasteiger charge is 2.29. The maximum atomic E-state index is 13.1. The molecule has 0 radical (unpaired) electrons. The van der Waals surface area contributed by atoms with Crippen LogP contribution in [0.4, 0.5) is 4.39 Å². The molecule has 1 fully saturated rings. The van der Waals surface area contributed by atoms with Gasteiger partial charge in [0, 0.05) is 31.6 Å². The Hall–Kier alpha value is -1.46. The maximum Gasteiger partial charge on any atom is 0.226 e. The van der Waals surface area contributed by atoms with Crippen LogP contribution >= 0.6 is 0 Å². The molecule has 2 N–H and O–H groups in total. The molecule has 5 heteroatoms. The molecule has 128 valence electrons. The number of hydrogen-bond acceptors (Lipinski definition) is 3. The van der Waals surface area contributed by atoms with Gasteiger partial charge in [0.1, 0.15) is 5.82 Å². The Morgan fingerprint density at radius 3 is 2.52 bits per heavy atom. The minimum Gasteiger partial charge on any atom is -0.337 e. The molecule has 0 bridgehead atoms. The van der Waals surface area contributed by atoms with Gasteiger partial charge < -0.3 is 15.5 Å². The summed E-state index contributed by atoms with van der Waals surface area (Å²) in [6, 6.07) is 6.52. The lowest BCUT2D eigenvalue weighted by atomic mass is 9.85. The molecule has 4 nitrogen and oxygen atoms in total. The van der Waals surface area contributed by atoms with Gasteiger partial charge >= 0.3 is 0 Å². The van der Waals surface area contributed by atoms with Crippen LogP contribution < -0.4 is 5.73 Å². The van der Waals surface area contributed by atoms with Crippen LogP contribution in [-0.2, 0) is 11.3 Å². The number of nitrogens with zero attached hydrogens (tertiary/aromatic N) is 2. The average molecular weight is 321 g/mol. The number of nitrogens with two attached hydrogens (primary N) is 1. The van der Waals surface area contributed by atoms with E-state index in [9.17, 15) is 9.18 Å². The lowest BCUT2D eigenvalue weighted by Crippen LogP contribution is -2.42. The van der Waals surface area contributed by atoms with Gasteiger partial charge in [-0.15, -0.1) is 0 Å². The molecular weight excluding hydrogens is 293 g/mol. The second kappa shape index (κ2) is 8.41. The Labute approximate surface area is 138 Å². The number of amides is 1. The second-order valence-corrected chi connectivity index (χ2v) is 6.81. The first-order valence-corrected chi connectivity index (χ1v) is 8.39. The summed E-state index contributed by atoms with van der Waals surface area (Å²) in [4.78, 5) is 16.9. The van der Waals surface area contributed by atoms with Crippen molar-refractivity contribution in [1.82, 2.24) is 9.80 Å². The standard InChI is InChI=1S/C18H28FN3O/c1-21(2)10-11-22(13-14-6-8-16(19)9-7-14)18(23)15-4-3-5-17(20)12-15/h6-9,15,17H,3-5,10-13,20H2,1-2H3/t15-,17-/m0/s1. The molecule has 0 heterocycles. The molecule has 1 aromatic rings. The van der Waals surface area contributed by atoms with E-state index in [-0.39, 0.29) is 23.7 Å². The van der Waals surface area contributed by atoms with Gasteiger partial charge in [0.2, 0.25) is 5.91 Å². The number of halogens is 1. The molecule has 0 spiro atoms. The number of carbonyl (C=O) groups is 1. The first-order chi connectivity index (χ1) is 11.0. The summed E-state index contributed by atoms with van der Waals surface area (Å²) >= 11 is 0. The maximum absolute atomic E-state index is 13.1. The van der Waals surface area contributed by atoms with Crippen LogP contribution in [0.25, 0.3) is 0 Å². The van der Waals surface area contributed by atoms with E-state index < -0.39 is 0 Å². The van der Waals surface area contributed by atoms with Crippen molar-refractivity contribution in [2.24, 2.45) is 11.7 Å². The van der Waals surface area contributed by atoms with E-state index in [1.165, 1.54) is 12.1 Å². The largest absolute Gasteiger partial charge is 0.337 e. The first kappa shape index (κ1) is 17.9. The van der Waals surface area contributed by atoms with Crippen LogP contribution in [0.15, 0.2) is 24.3 Å². The molecule has 1 aliphatic rings. The van der Waals surface area contributed by atoms with Gasteiger partial charge in [-0.05, 0) is 51.1 Å². The van der Waals surface area contributed by atoms with Crippen molar-refractivity contribution in [2.75, 3.05) is 27.2 Å². The van der Waals surface area contributed by atoms with Crippen molar-refractivity contribution in [3.63, 3.8) is 0 Å². The van der Waals surface area contributed by atoms with Gasteiger partial charge in [0.15, 0.2) is 0 Å². The fourth-order valence-electron chi connectivity index (χ4n) is 3.11. The van der Waals surface area contributed by atoms with Crippen LogP contribution in [-0.4, -0.2) is 48.9 Å². The predicted molar refractivity (Wildman–Crippen MR) is 90.3 cm³/mol. The zero-order chi connectivity index (χ0) is 16.8. The predicted octanol–water partition coefficient (Wildman–Crippen LogP) is 2.23. The number of rotatable bonds is 6. The Morgan fingerprint density at radius 1 is 1.22 bits per heavy atom. The molecule has 1 aliphatic carbocycles. The smallest absolute Gasteiger partial charge is 0.226 e. The Morgan fingerprint density at radius 2 is 1.91 bits per heavy atom. The molecule has 0 aromatic heterocycles. The molecule has 1 aromatic carbocycles. The zero-order valence-corrected chi connectivity index (χ0v) is 14.2. The third kappa shape index (κ3) is 5.59. The van der Waals surface area contributed by atoms with Crippen LogP contribution in [0.2, 0.25) is 0 Å². The number of carbonyl (C=O) groups excluding carboxylic acids is 1. The summed E-state index contributed by atoms with van der Waals surface area (Å²) in [6.45, 7) is 2.01. The lowest BCUT2D eigenvalue weighted by Gasteiger charge is -2.32. The van der Waals surface area contributed by atoms with Gasteiger partial charge in [-0.1, -0.05) is 18.6 Å². The highest BCUT2D eigenvalue weighted by Crippen LogP contribution is 2.25. The van der Waals surface area contributed by atoms with Crippen molar-refractivity contribution in [3.8, 4) is 0 Å². The van der Waals surface area contributed by atoms with E-state index in [4.69, 9.17) is 5.73 Å². The highest BCUT2D eigenvalue weighted by molar-refractivity contribution is 5.79. The highest BCUT2D eigenvalue weighted by atomic mass is 19.1. The van der Waals surface area contributed by atoms with E-state index in [0.717, 1.165) is 37.8 Å². The topological polar surface area (TPSA) is 49.6 Å².